The largest absolute Gasteiger partial charge is 0.490 e. The normalized spacial score (nSPS) is 12.1. The number of nitrogens with zero attached hydrogens (tertiary/aromatic N) is 1. The molecule has 0 heterocycles. The standard InChI is InChI=1S/C17H25N5O3S3.4C2HF3O2/c1-4-12(2)15(22-28(3,24)25)16(23)18-9-10-19-17(27)21-14-7-5-13(6-8-14)20-11-26;4*3-2(4,5)1(6)7/h5-8,12,15,22H,4,9-10H2,1-3H3,(H,18,23)(H2,19,21,27);4*(H,6,7)/t12-,15-;;;;/m0..../s1. The molecule has 8 N–H and O–H groups in total. The summed E-state index contributed by atoms with van der Waals surface area (Å²) in [5.74, 6) is -11.5. The van der Waals surface area contributed by atoms with E-state index in [1.807, 2.05) is 13.8 Å². The number of hydrogen-bond acceptors (Lipinski definition) is 10. The van der Waals surface area contributed by atoms with E-state index in [1.165, 1.54) is 0 Å². The first-order valence-electron chi connectivity index (χ1n) is 13.6. The highest BCUT2D eigenvalue weighted by atomic mass is 32.2. The van der Waals surface area contributed by atoms with Crippen LogP contribution in [-0.4, -0.2) is 119 Å². The van der Waals surface area contributed by atoms with E-state index in [2.05, 4.69) is 43.0 Å². The van der Waals surface area contributed by atoms with Gasteiger partial charge in [0.2, 0.25) is 15.9 Å². The maximum atomic E-state index is 12.3. The quantitative estimate of drug-likeness (QED) is 0.0704. The predicted molar refractivity (Wildman–Crippen MR) is 174 cm³/mol. The summed E-state index contributed by atoms with van der Waals surface area (Å²) in [6.07, 6.45) is -18.6. The van der Waals surface area contributed by atoms with Crippen molar-refractivity contribution in [3.8, 4) is 0 Å². The van der Waals surface area contributed by atoms with Crippen LogP contribution in [0.25, 0.3) is 0 Å². The number of benzene rings is 1. The van der Waals surface area contributed by atoms with Crippen molar-refractivity contribution in [3.05, 3.63) is 24.3 Å². The van der Waals surface area contributed by atoms with Gasteiger partial charge in [-0.2, -0.15) is 57.7 Å². The molecule has 1 aromatic rings. The van der Waals surface area contributed by atoms with Crippen LogP contribution < -0.4 is 20.7 Å². The first kappa shape index (κ1) is 57.8. The van der Waals surface area contributed by atoms with Crippen LogP contribution in [-0.2, 0) is 34.0 Å². The smallest absolute Gasteiger partial charge is 0.475 e. The number of aliphatic carboxylic acids is 4. The lowest BCUT2D eigenvalue weighted by atomic mass is 9.99. The lowest BCUT2D eigenvalue weighted by molar-refractivity contribution is -0.193. The molecule has 2 atom stereocenters. The van der Waals surface area contributed by atoms with E-state index in [0.717, 1.165) is 11.9 Å². The highest BCUT2D eigenvalue weighted by molar-refractivity contribution is 7.88. The number of nitrogens with one attached hydrogen (secondary N) is 4. The fourth-order valence-corrected chi connectivity index (χ4v) is 3.34. The Kier molecular flexibility index (Phi) is 26.9. The number of carboxylic acids is 4. The number of carboxylic acid groups (broad SMARTS) is 4. The molecule has 0 unspecified atom stereocenters. The van der Waals surface area contributed by atoms with Crippen LogP contribution in [0.2, 0.25) is 0 Å². The van der Waals surface area contributed by atoms with E-state index in [9.17, 15) is 65.9 Å². The monoisotopic (exact) mass is 899 g/mol. The number of thiocarbonyl (C=S) groups is 2. The van der Waals surface area contributed by atoms with Crippen molar-refractivity contribution in [2.45, 2.75) is 51.0 Å². The van der Waals surface area contributed by atoms with Crippen LogP contribution in [0.4, 0.5) is 64.1 Å². The Morgan fingerprint density at radius 1 is 0.732 bits per heavy atom. The van der Waals surface area contributed by atoms with Gasteiger partial charge in [-0.1, -0.05) is 20.3 Å². The first-order valence-corrected chi connectivity index (χ1v) is 16.3. The molecule has 0 aromatic heterocycles. The molecule has 0 saturated heterocycles. The summed E-state index contributed by atoms with van der Waals surface area (Å²) in [7, 11) is -3.48. The zero-order valence-corrected chi connectivity index (χ0v) is 30.4. The van der Waals surface area contributed by atoms with Gasteiger partial charge in [-0.15, -0.1) is 0 Å². The van der Waals surface area contributed by atoms with Gasteiger partial charge in [-0.25, -0.2) is 32.3 Å². The molecule has 56 heavy (non-hydrogen) atoms. The van der Waals surface area contributed by atoms with Gasteiger partial charge in [0.25, 0.3) is 0 Å². The summed E-state index contributed by atoms with van der Waals surface area (Å²) in [6.45, 7) is 4.40. The van der Waals surface area contributed by atoms with E-state index in [0.29, 0.717) is 30.3 Å². The molecule has 0 saturated carbocycles. The lowest BCUT2D eigenvalue weighted by Crippen LogP contribution is -2.51. The fourth-order valence-electron chi connectivity index (χ4n) is 2.21. The fraction of sp³-hybridized carbons (Fsp3) is 0.480. The van der Waals surface area contributed by atoms with Gasteiger partial charge in [0.15, 0.2) is 5.11 Å². The molecular formula is C25H29F12N5O11S3. The third-order valence-corrected chi connectivity index (χ3v) is 5.84. The second-order valence-electron chi connectivity index (χ2n) is 9.39. The topological polar surface area (TPSA) is 261 Å². The minimum atomic E-state index is -5.08. The minimum Gasteiger partial charge on any atom is -0.475 e. The molecule has 1 amide bonds. The van der Waals surface area contributed by atoms with E-state index in [-0.39, 0.29) is 11.8 Å². The average Bonchev–Trinajstić information content (AvgIpc) is 3.01. The zero-order chi connectivity index (χ0) is 45.5. The van der Waals surface area contributed by atoms with Crippen molar-refractivity contribution in [1.82, 2.24) is 15.4 Å². The summed E-state index contributed by atoms with van der Waals surface area (Å²) in [4.78, 5) is 51.8. The van der Waals surface area contributed by atoms with Crippen LogP contribution in [0.15, 0.2) is 29.3 Å². The first-order chi connectivity index (χ1) is 24.9. The van der Waals surface area contributed by atoms with Crippen LogP contribution >= 0.6 is 24.4 Å². The van der Waals surface area contributed by atoms with Gasteiger partial charge in [-0.3, -0.25) is 4.79 Å². The SMILES string of the molecule is CC[C@H](C)[C@H](NS(C)(=O)=O)C(=O)NCCNC(=S)Nc1ccc(N=C=S)cc1.O=C(O)C(F)(F)F.O=C(O)C(F)(F)F.O=C(O)C(F)(F)F.O=C(O)C(F)(F)F. The second kappa shape index (κ2) is 26.1. The van der Waals surface area contributed by atoms with Crippen LogP contribution in [0.5, 0.6) is 0 Å². The maximum Gasteiger partial charge on any atom is 0.490 e. The highest BCUT2D eigenvalue weighted by Crippen LogP contribution is 2.17. The number of aliphatic imine (C=N–C) groups is 1. The molecule has 1 rings (SSSR count). The molecule has 1 aromatic carbocycles. The number of rotatable bonds is 10. The third kappa shape index (κ3) is 33.7. The number of anilines is 1. The number of isothiocyanates is 1. The van der Waals surface area contributed by atoms with Crippen LogP contribution in [0.1, 0.15) is 20.3 Å². The predicted octanol–water partition coefficient (Wildman–Crippen LogP) is 4.32. The molecule has 0 aliphatic heterocycles. The van der Waals surface area contributed by atoms with Crippen molar-refractivity contribution >= 4 is 85.9 Å². The van der Waals surface area contributed by atoms with Gasteiger partial charge < -0.3 is 36.4 Å². The average molecular weight is 900 g/mol. The third-order valence-electron chi connectivity index (χ3n) is 4.82. The van der Waals surface area contributed by atoms with Gasteiger partial charge in [0.05, 0.1) is 17.1 Å². The van der Waals surface area contributed by atoms with Gasteiger partial charge >= 0.3 is 48.6 Å². The van der Waals surface area contributed by atoms with Crippen molar-refractivity contribution < 1.29 is 106 Å². The van der Waals surface area contributed by atoms with Crippen LogP contribution in [0, 0.1) is 5.92 Å². The van der Waals surface area contributed by atoms with Crippen molar-refractivity contribution in [2.75, 3.05) is 24.7 Å². The van der Waals surface area contributed by atoms with E-state index in [1.54, 1.807) is 24.3 Å². The maximum absolute atomic E-state index is 12.3. The summed E-state index contributed by atoms with van der Waals surface area (Å²) in [5, 5.41) is 39.9. The van der Waals surface area contributed by atoms with E-state index < -0.39 is 64.6 Å². The Hall–Kier alpha value is -4.87. The van der Waals surface area contributed by atoms with E-state index in [4.69, 9.17) is 51.8 Å². The number of carbonyl (C=O) groups is 5. The number of hydrogen-bond donors (Lipinski definition) is 8. The van der Waals surface area contributed by atoms with Gasteiger partial charge in [0, 0.05) is 18.8 Å². The number of carbonyl (C=O) groups excluding carboxylic acids is 1. The number of amides is 1. The van der Waals surface area contributed by atoms with Gasteiger partial charge in [-0.05, 0) is 54.6 Å². The Bertz CT molecular complexity index is 1500. The molecule has 31 heteroatoms. The molecule has 0 aliphatic rings. The molecule has 0 radical (unpaired) electrons. The van der Waals surface area contributed by atoms with Gasteiger partial charge in [0.1, 0.15) is 6.04 Å². The number of sulfonamides is 1. The summed E-state index contributed by atoms with van der Waals surface area (Å²) < 4.78 is 152. The van der Waals surface area contributed by atoms with Crippen molar-refractivity contribution in [3.63, 3.8) is 0 Å². The molecular weight excluding hydrogens is 870 g/mol. The Morgan fingerprint density at radius 3 is 1.32 bits per heavy atom. The second-order valence-corrected chi connectivity index (χ2v) is 11.8. The zero-order valence-electron chi connectivity index (χ0n) is 27.9. The summed E-state index contributed by atoms with van der Waals surface area (Å²) in [6, 6.07) is 6.34. The van der Waals surface area contributed by atoms with Crippen molar-refractivity contribution in [1.29, 1.82) is 0 Å². The molecule has 0 fully saturated rings. The highest BCUT2D eigenvalue weighted by Gasteiger charge is 2.40. The molecule has 322 valence electrons. The molecule has 0 spiro atoms. The minimum absolute atomic E-state index is 0.129. The number of halogens is 12. The van der Waals surface area contributed by atoms with E-state index >= 15 is 0 Å². The molecule has 0 aliphatic carbocycles. The number of alkyl halides is 12. The summed E-state index contributed by atoms with van der Waals surface area (Å²) >= 11 is 9.75. The molecule has 0 bridgehead atoms. The molecule has 16 nitrogen and oxygen atoms in total. The Balaban J connectivity index is -0.000000387. The van der Waals surface area contributed by atoms with Crippen LogP contribution in [0.3, 0.4) is 0 Å². The van der Waals surface area contributed by atoms with Crippen molar-refractivity contribution in [2.24, 2.45) is 10.9 Å². The lowest BCUT2D eigenvalue weighted by Gasteiger charge is -2.22. The Morgan fingerprint density at radius 2 is 1.05 bits per heavy atom. The summed E-state index contributed by atoms with van der Waals surface area (Å²) in [5.41, 5.74) is 1.47. The Labute approximate surface area is 317 Å².